The summed E-state index contributed by atoms with van der Waals surface area (Å²) < 4.78 is 0. The molecule has 9 heteroatoms. The monoisotopic (exact) mass is 273 g/mol. The van der Waals surface area contributed by atoms with Gasteiger partial charge in [0.1, 0.15) is 0 Å². The molecule has 0 aromatic carbocycles. The quantitative estimate of drug-likeness (QED) is 0.384. The zero-order valence-corrected chi connectivity index (χ0v) is 17.7. The second-order valence-corrected chi connectivity index (χ2v) is 4.75. The molecule has 16 heavy (non-hydrogen) atoms. The van der Waals surface area contributed by atoms with Gasteiger partial charge < -0.3 is 19.7 Å². The first kappa shape index (κ1) is 27.0. The maximum Gasteiger partial charge on any atom is 1.00 e. The molecule has 0 radical (unpaired) electrons. The Hall–Kier alpha value is 2.57. The van der Waals surface area contributed by atoms with Crippen LogP contribution in [0.2, 0.25) is 6.04 Å². The van der Waals surface area contributed by atoms with Crippen LogP contribution < -0.4 is 108 Å². The van der Waals surface area contributed by atoms with E-state index in [-0.39, 0.29) is 114 Å². The first-order valence-electron chi connectivity index (χ1n) is 4.33. The molecule has 0 saturated heterocycles. The second-order valence-electron chi connectivity index (χ2n) is 2.89. The summed E-state index contributed by atoms with van der Waals surface area (Å²) in [6, 6.07) is -0.362. The topological polar surface area (TPSA) is 98.3 Å². The van der Waals surface area contributed by atoms with Gasteiger partial charge in [-0.15, -0.1) is 6.04 Å². The summed E-state index contributed by atoms with van der Waals surface area (Å²) in [5.74, 6) is -0.0996. The summed E-state index contributed by atoms with van der Waals surface area (Å²) in [5.41, 5.74) is 0. The van der Waals surface area contributed by atoms with Crippen molar-refractivity contribution in [3.63, 3.8) is 0 Å². The van der Waals surface area contributed by atoms with E-state index in [1.165, 1.54) is 0 Å². The molecule has 0 fully saturated rings. The number of nitrogens with one attached hydrogen (secondary N) is 1. The molecule has 0 heterocycles. The SMILES string of the molecule is CCCC(=O)NCCC[Si]([O-])([O-])[O-].[Na+].[Na+].[Na+]. The predicted octanol–water partition coefficient (Wildman–Crippen LogP) is -11.7. The Kier molecular flexibility index (Phi) is 26.4. The molecule has 0 aliphatic carbocycles. The summed E-state index contributed by atoms with van der Waals surface area (Å²) in [4.78, 5) is 41.4. The number of carbonyl (C=O) groups excluding carboxylic acids is 1. The maximum atomic E-state index is 10.8. The van der Waals surface area contributed by atoms with Gasteiger partial charge in [0.25, 0.3) is 0 Å². The van der Waals surface area contributed by atoms with Crippen molar-refractivity contribution in [2.75, 3.05) is 6.54 Å². The fraction of sp³-hybridized carbons (Fsp3) is 0.857. The standard InChI is InChI=1S/C7H14NO4Si.3Na/c1-2-4-7(9)8-5-3-6-13(10,11)12;;;/h2-6H2,1H3,(H,8,9);;;/q-3;3*+1. The molecule has 0 bridgehead atoms. The van der Waals surface area contributed by atoms with Gasteiger partial charge in [-0.05, 0) is 12.8 Å². The van der Waals surface area contributed by atoms with Crippen LogP contribution in [0.1, 0.15) is 26.2 Å². The zero-order chi connectivity index (χ0) is 10.3. The van der Waals surface area contributed by atoms with E-state index < -0.39 is 8.80 Å². The Morgan fingerprint density at radius 3 is 2.06 bits per heavy atom. The molecule has 0 aromatic rings. The van der Waals surface area contributed by atoms with E-state index in [0.29, 0.717) is 6.42 Å². The Bertz CT molecular complexity index is 168. The van der Waals surface area contributed by atoms with E-state index in [0.717, 1.165) is 6.42 Å². The smallest absolute Gasteiger partial charge is 0.881 e. The molecular formula is C7H14NNa3O4Si. The van der Waals surface area contributed by atoms with E-state index in [2.05, 4.69) is 5.32 Å². The minimum atomic E-state index is -4.65. The third-order valence-corrected chi connectivity index (χ3v) is 2.42. The molecule has 0 saturated carbocycles. The van der Waals surface area contributed by atoms with Crippen LogP contribution in [0.4, 0.5) is 0 Å². The summed E-state index contributed by atoms with van der Waals surface area (Å²) in [6.45, 7) is 2.14. The number of rotatable bonds is 6. The Labute approximate surface area is 164 Å². The largest absolute Gasteiger partial charge is 1.00 e. The minimum Gasteiger partial charge on any atom is -0.881 e. The van der Waals surface area contributed by atoms with Crippen LogP contribution in [0.25, 0.3) is 0 Å². The molecule has 0 aliphatic rings. The van der Waals surface area contributed by atoms with E-state index in [9.17, 15) is 19.2 Å². The average molecular weight is 273 g/mol. The molecule has 0 spiro atoms. The number of carbonyl (C=O) groups is 1. The van der Waals surface area contributed by atoms with Gasteiger partial charge in [0.15, 0.2) is 0 Å². The molecule has 1 amide bonds. The van der Waals surface area contributed by atoms with Crippen LogP contribution in [-0.4, -0.2) is 21.3 Å². The normalized spacial score (nSPS) is 9.25. The summed E-state index contributed by atoms with van der Waals surface area (Å²) >= 11 is 0. The first-order valence-corrected chi connectivity index (χ1v) is 6.27. The van der Waals surface area contributed by atoms with Crippen molar-refractivity contribution in [3.05, 3.63) is 0 Å². The van der Waals surface area contributed by atoms with Gasteiger partial charge >= 0.3 is 88.7 Å². The Morgan fingerprint density at radius 1 is 1.19 bits per heavy atom. The van der Waals surface area contributed by atoms with Crippen molar-refractivity contribution >= 4 is 14.7 Å². The number of hydrogen-bond donors (Lipinski definition) is 1. The Morgan fingerprint density at radius 2 is 1.69 bits per heavy atom. The predicted molar refractivity (Wildman–Crippen MR) is 43.1 cm³/mol. The van der Waals surface area contributed by atoms with Crippen molar-refractivity contribution in [2.24, 2.45) is 0 Å². The van der Waals surface area contributed by atoms with E-state index in [1.54, 1.807) is 0 Å². The van der Waals surface area contributed by atoms with Crippen molar-refractivity contribution in [1.29, 1.82) is 0 Å². The molecule has 78 valence electrons. The molecule has 0 unspecified atom stereocenters. The summed E-state index contributed by atoms with van der Waals surface area (Å²) in [7, 11) is -4.65. The fourth-order valence-corrected chi connectivity index (χ4v) is 1.46. The van der Waals surface area contributed by atoms with Crippen LogP contribution in [0.15, 0.2) is 0 Å². The zero-order valence-electron chi connectivity index (χ0n) is 10.7. The van der Waals surface area contributed by atoms with Gasteiger partial charge in [-0.1, -0.05) is 6.92 Å². The molecule has 0 aromatic heterocycles. The van der Waals surface area contributed by atoms with E-state index in [1.807, 2.05) is 6.92 Å². The summed E-state index contributed by atoms with van der Waals surface area (Å²) in [5, 5.41) is 2.52. The molecule has 0 atom stereocenters. The van der Waals surface area contributed by atoms with Crippen LogP contribution >= 0.6 is 0 Å². The van der Waals surface area contributed by atoms with Crippen molar-refractivity contribution in [3.8, 4) is 0 Å². The van der Waals surface area contributed by atoms with Crippen molar-refractivity contribution in [2.45, 2.75) is 32.2 Å². The number of amides is 1. The van der Waals surface area contributed by atoms with Gasteiger partial charge in [-0.25, -0.2) is 0 Å². The molecule has 0 rings (SSSR count). The molecule has 1 N–H and O–H groups in total. The average Bonchev–Trinajstić information content (AvgIpc) is 1.97. The van der Waals surface area contributed by atoms with Gasteiger partial charge in [-0.2, -0.15) is 0 Å². The molecular weight excluding hydrogens is 259 g/mol. The second kappa shape index (κ2) is 15.6. The van der Waals surface area contributed by atoms with Crippen LogP contribution in [-0.2, 0) is 4.79 Å². The van der Waals surface area contributed by atoms with Crippen molar-refractivity contribution < 1.29 is 108 Å². The third-order valence-electron chi connectivity index (χ3n) is 1.46. The van der Waals surface area contributed by atoms with Gasteiger partial charge in [-0.3, -0.25) is 13.6 Å². The van der Waals surface area contributed by atoms with Gasteiger partial charge in [0.2, 0.25) is 5.91 Å². The van der Waals surface area contributed by atoms with E-state index >= 15 is 0 Å². The van der Waals surface area contributed by atoms with Gasteiger partial charge in [0.05, 0.1) is 0 Å². The summed E-state index contributed by atoms with van der Waals surface area (Å²) in [6.07, 6.45) is 1.40. The number of hydrogen-bond acceptors (Lipinski definition) is 4. The molecule has 0 aliphatic heterocycles. The minimum absolute atomic E-state index is 0. The van der Waals surface area contributed by atoms with Gasteiger partial charge in [0, 0.05) is 13.0 Å². The third kappa shape index (κ3) is 21.8. The first-order chi connectivity index (χ1) is 5.95. The van der Waals surface area contributed by atoms with Crippen LogP contribution in [0.3, 0.4) is 0 Å². The van der Waals surface area contributed by atoms with E-state index in [4.69, 9.17) is 0 Å². The Balaban J connectivity index is -0.000000240. The molecule has 5 nitrogen and oxygen atoms in total. The van der Waals surface area contributed by atoms with Crippen LogP contribution in [0.5, 0.6) is 0 Å². The maximum absolute atomic E-state index is 10.8. The van der Waals surface area contributed by atoms with Crippen LogP contribution in [0, 0.1) is 0 Å². The fourth-order valence-electron chi connectivity index (χ4n) is 0.848. The van der Waals surface area contributed by atoms with Crippen molar-refractivity contribution in [1.82, 2.24) is 5.32 Å².